The van der Waals surface area contributed by atoms with Crippen LogP contribution in [-0.4, -0.2) is 0 Å². The van der Waals surface area contributed by atoms with Crippen LogP contribution in [-0.2, 0) is 0 Å². The van der Waals surface area contributed by atoms with E-state index in [0.717, 1.165) is 11.3 Å². The van der Waals surface area contributed by atoms with Gasteiger partial charge in [0.1, 0.15) is 0 Å². The molecule has 0 saturated heterocycles. The van der Waals surface area contributed by atoms with Crippen LogP contribution in [0.1, 0.15) is 19.8 Å². The quantitative estimate of drug-likeness (QED) is 0.428. The Labute approximate surface area is 43.9 Å². The molecule has 1 spiro atoms. The zero-order valence-electron chi connectivity index (χ0n) is 4.65. The average molecular weight is 94.2 g/mol. The fraction of sp³-hybridized carbons (Fsp3) is 1.00. The third-order valence-electron chi connectivity index (χ3n) is 3.80. The number of fused-ring (bicyclic) bond motifs is 1. The van der Waals surface area contributed by atoms with Crippen molar-refractivity contribution in [1.29, 1.82) is 0 Å². The first kappa shape index (κ1) is 3.11. The lowest BCUT2D eigenvalue weighted by Crippen LogP contribution is -2.16. The molecule has 7 heavy (non-hydrogen) atoms. The van der Waals surface area contributed by atoms with E-state index in [9.17, 15) is 0 Å². The second-order valence-corrected chi connectivity index (χ2v) is 3.57. The van der Waals surface area contributed by atoms with Gasteiger partial charge in [0.05, 0.1) is 0 Å². The number of hydrogen-bond acceptors (Lipinski definition) is 0. The molecule has 0 aromatic carbocycles. The van der Waals surface area contributed by atoms with Gasteiger partial charge in [0, 0.05) is 0 Å². The fourth-order valence-electron chi connectivity index (χ4n) is 3.05. The minimum atomic E-state index is 1.01. The van der Waals surface area contributed by atoms with E-state index in [0.29, 0.717) is 0 Å². The van der Waals surface area contributed by atoms with Crippen LogP contribution in [0.4, 0.5) is 0 Å². The topological polar surface area (TPSA) is 0 Å². The lowest BCUT2D eigenvalue weighted by atomic mass is 9.80. The molecule has 0 amide bonds. The summed E-state index contributed by atoms with van der Waals surface area (Å²) in [6.07, 6.45) is 3.17. The van der Waals surface area contributed by atoms with Crippen LogP contribution in [0.5, 0.6) is 0 Å². The maximum Gasteiger partial charge on any atom is -0.0204 e. The second kappa shape index (κ2) is 0.519. The van der Waals surface area contributed by atoms with Crippen molar-refractivity contribution >= 4 is 0 Å². The predicted octanol–water partition coefficient (Wildman–Crippen LogP) is 1.66. The highest BCUT2D eigenvalue weighted by Crippen LogP contribution is 2.93. The lowest BCUT2D eigenvalue weighted by molar-refractivity contribution is 0.248. The van der Waals surface area contributed by atoms with Gasteiger partial charge in [0.2, 0.25) is 0 Å². The average Bonchev–Trinajstić information content (AvgIpc) is 2.27. The van der Waals surface area contributed by atoms with Gasteiger partial charge in [-0.2, -0.15) is 0 Å². The molecule has 0 aromatic rings. The van der Waals surface area contributed by atoms with Gasteiger partial charge in [-0.1, -0.05) is 6.92 Å². The van der Waals surface area contributed by atoms with Gasteiger partial charge in [-0.25, -0.2) is 0 Å². The summed E-state index contributed by atoms with van der Waals surface area (Å²) >= 11 is 0. The van der Waals surface area contributed by atoms with Crippen molar-refractivity contribution in [3.63, 3.8) is 0 Å². The maximum atomic E-state index is 2.42. The molecule has 0 bridgehead atoms. The summed E-state index contributed by atoms with van der Waals surface area (Å²) in [5, 5.41) is 0. The molecule has 0 aliphatic heterocycles. The van der Waals surface area contributed by atoms with Crippen LogP contribution in [0, 0.1) is 23.2 Å². The SMILES string of the molecule is CC1C2C3CCC132. The first-order chi connectivity index (χ1) is 3.37. The van der Waals surface area contributed by atoms with Gasteiger partial charge >= 0.3 is 0 Å². The van der Waals surface area contributed by atoms with Crippen molar-refractivity contribution in [2.75, 3.05) is 0 Å². The van der Waals surface area contributed by atoms with E-state index in [-0.39, 0.29) is 0 Å². The van der Waals surface area contributed by atoms with Crippen molar-refractivity contribution < 1.29 is 0 Å². The van der Waals surface area contributed by atoms with Gasteiger partial charge in [-0.15, -0.1) is 0 Å². The van der Waals surface area contributed by atoms with Gasteiger partial charge in [0.25, 0.3) is 0 Å². The van der Waals surface area contributed by atoms with Crippen LogP contribution in [0.3, 0.4) is 0 Å². The Morgan fingerprint density at radius 3 is 2.43 bits per heavy atom. The molecule has 3 fully saturated rings. The molecule has 0 nitrogen and oxygen atoms in total. The third-order valence-corrected chi connectivity index (χ3v) is 3.80. The van der Waals surface area contributed by atoms with E-state index in [1.54, 1.807) is 12.8 Å². The van der Waals surface area contributed by atoms with E-state index in [1.165, 1.54) is 11.8 Å². The Morgan fingerprint density at radius 1 is 1.57 bits per heavy atom. The highest BCUT2D eigenvalue weighted by atomic mass is 14.9. The zero-order chi connectivity index (χ0) is 4.65. The molecule has 38 valence electrons. The molecule has 4 unspecified atom stereocenters. The van der Waals surface area contributed by atoms with Crippen LogP contribution in [0.25, 0.3) is 0 Å². The van der Waals surface area contributed by atoms with Crippen molar-refractivity contribution in [2.45, 2.75) is 19.8 Å². The van der Waals surface area contributed by atoms with Crippen molar-refractivity contribution in [1.82, 2.24) is 0 Å². The standard InChI is InChI=1S/C7H10/c1-4-6-5-2-3-7(4,5)6/h4-6H,2-3H2,1H3. The molecule has 0 heterocycles. The van der Waals surface area contributed by atoms with Crippen molar-refractivity contribution in [2.24, 2.45) is 23.2 Å². The summed E-state index contributed by atoms with van der Waals surface area (Å²) in [4.78, 5) is 0. The smallest absolute Gasteiger partial charge is 0.0204 e. The summed E-state index contributed by atoms with van der Waals surface area (Å²) < 4.78 is 0. The maximum absolute atomic E-state index is 2.42. The Balaban J connectivity index is 2.05. The highest BCUT2D eigenvalue weighted by Gasteiger charge is 2.87. The largest absolute Gasteiger partial charge is 0.0617 e. The Bertz CT molecular complexity index is 131. The highest BCUT2D eigenvalue weighted by molar-refractivity contribution is 5.35. The Kier molecular flexibility index (Phi) is 0.231. The normalized spacial score (nSPS) is 81.0. The molecule has 3 saturated carbocycles. The Morgan fingerprint density at radius 2 is 2.43 bits per heavy atom. The van der Waals surface area contributed by atoms with Crippen molar-refractivity contribution in [3.05, 3.63) is 0 Å². The number of rotatable bonds is 0. The second-order valence-electron chi connectivity index (χ2n) is 3.57. The summed E-state index contributed by atoms with van der Waals surface area (Å²) in [6.45, 7) is 2.42. The molecular formula is C7H10. The third kappa shape index (κ3) is 0.122. The van der Waals surface area contributed by atoms with Gasteiger partial charge in [0.15, 0.2) is 0 Å². The van der Waals surface area contributed by atoms with E-state index in [1.807, 2.05) is 0 Å². The van der Waals surface area contributed by atoms with Crippen LogP contribution in [0.2, 0.25) is 0 Å². The lowest BCUT2D eigenvalue weighted by Gasteiger charge is -2.24. The minimum absolute atomic E-state index is 1.01. The molecule has 0 radical (unpaired) electrons. The zero-order valence-corrected chi connectivity index (χ0v) is 4.65. The summed E-state index contributed by atoms with van der Waals surface area (Å²) in [5.41, 5.74) is 1.01. The molecule has 0 N–H and O–H groups in total. The molecule has 4 atom stereocenters. The van der Waals surface area contributed by atoms with Crippen LogP contribution >= 0.6 is 0 Å². The molecule has 3 aliphatic rings. The summed E-state index contributed by atoms with van der Waals surface area (Å²) in [5.74, 6) is 3.65. The van der Waals surface area contributed by atoms with Crippen molar-refractivity contribution in [3.8, 4) is 0 Å². The van der Waals surface area contributed by atoms with Crippen LogP contribution < -0.4 is 0 Å². The molecule has 3 aliphatic carbocycles. The monoisotopic (exact) mass is 94.1 g/mol. The van der Waals surface area contributed by atoms with E-state index < -0.39 is 0 Å². The molecule has 3 rings (SSSR count). The molecule has 0 heteroatoms. The number of hydrogen-bond donors (Lipinski definition) is 0. The minimum Gasteiger partial charge on any atom is -0.0617 e. The molecule has 0 aromatic heterocycles. The van der Waals surface area contributed by atoms with E-state index in [4.69, 9.17) is 0 Å². The first-order valence-corrected chi connectivity index (χ1v) is 3.37. The van der Waals surface area contributed by atoms with Gasteiger partial charge < -0.3 is 0 Å². The van der Waals surface area contributed by atoms with Gasteiger partial charge in [-0.05, 0) is 36.0 Å². The van der Waals surface area contributed by atoms with Gasteiger partial charge in [-0.3, -0.25) is 0 Å². The van der Waals surface area contributed by atoms with E-state index in [2.05, 4.69) is 6.92 Å². The predicted molar refractivity (Wildman–Crippen MR) is 27.8 cm³/mol. The molecular weight excluding hydrogens is 84.1 g/mol. The summed E-state index contributed by atoms with van der Waals surface area (Å²) in [7, 11) is 0. The van der Waals surface area contributed by atoms with Crippen LogP contribution in [0.15, 0.2) is 0 Å². The summed E-state index contributed by atoms with van der Waals surface area (Å²) in [6, 6.07) is 0. The Hall–Kier alpha value is 0. The van der Waals surface area contributed by atoms with E-state index >= 15 is 0 Å². The first-order valence-electron chi connectivity index (χ1n) is 3.37. The fourth-order valence-corrected chi connectivity index (χ4v) is 3.05.